The maximum Gasteiger partial charge on any atom is 0.0768 e. The van der Waals surface area contributed by atoms with Crippen LogP contribution in [0.25, 0.3) is 0 Å². The molecule has 1 heterocycles. The molecule has 2 atom stereocenters. The molecule has 0 spiro atoms. The third-order valence-electron chi connectivity index (χ3n) is 3.38. The summed E-state index contributed by atoms with van der Waals surface area (Å²) in [5, 5.41) is 13.5. The summed E-state index contributed by atoms with van der Waals surface area (Å²) in [6.45, 7) is 7.55. The molecule has 0 saturated carbocycles. The van der Waals surface area contributed by atoms with Crippen LogP contribution in [0.2, 0.25) is 0 Å². The molecule has 3 heteroatoms. The van der Waals surface area contributed by atoms with Gasteiger partial charge in [0.25, 0.3) is 0 Å². The summed E-state index contributed by atoms with van der Waals surface area (Å²) in [5.41, 5.74) is 0.631. The number of aryl methyl sites for hydroxylation is 1. The third-order valence-corrected chi connectivity index (χ3v) is 3.38. The van der Waals surface area contributed by atoms with E-state index in [1.165, 1.54) is 5.56 Å². The minimum Gasteiger partial charge on any atom is -0.389 e. The summed E-state index contributed by atoms with van der Waals surface area (Å²) in [6.07, 6.45) is 5.12. The molecule has 2 unspecified atom stereocenters. The molecule has 0 fully saturated rings. The van der Waals surface area contributed by atoms with Crippen LogP contribution >= 0.6 is 0 Å². The molecule has 1 rings (SSSR count). The van der Waals surface area contributed by atoms with E-state index in [1.807, 2.05) is 24.7 Å². The first-order valence-corrected chi connectivity index (χ1v) is 5.99. The van der Waals surface area contributed by atoms with Gasteiger partial charge in [-0.1, -0.05) is 20.3 Å². The number of nitrogens with one attached hydrogen (secondary N) is 1. The summed E-state index contributed by atoms with van der Waals surface area (Å²) in [6, 6.07) is 2.09. The highest BCUT2D eigenvalue weighted by atomic mass is 16.3. The fraction of sp³-hybridized carbons (Fsp3) is 0.692. The van der Waals surface area contributed by atoms with Gasteiger partial charge in [0.2, 0.25) is 0 Å². The maximum atomic E-state index is 10.2. The van der Waals surface area contributed by atoms with Crippen molar-refractivity contribution in [3.05, 3.63) is 24.0 Å². The molecule has 0 aromatic carbocycles. The van der Waals surface area contributed by atoms with Crippen LogP contribution in [0.4, 0.5) is 0 Å². The molecule has 0 saturated heterocycles. The second-order valence-electron chi connectivity index (χ2n) is 4.96. The van der Waals surface area contributed by atoms with Crippen LogP contribution in [-0.4, -0.2) is 21.8 Å². The molecular weight excluding hydrogens is 200 g/mol. The van der Waals surface area contributed by atoms with E-state index in [4.69, 9.17) is 0 Å². The molecule has 0 aliphatic rings. The quantitative estimate of drug-likeness (QED) is 0.774. The Balaban J connectivity index is 2.35. The monoisotopic (exact) mass is 224 g/mol. The molecule has 0 amide bonds. The first-order valence-electron chi connectivity index (χ1n) is 5.99. The van der Waals surface area contributed by atoms with Crippen LogP contribution in [0.1, 0.15) is 32.8 Å². The van der Waals surface area contributed by atoms with Crippen molar-refractivity contribution in [1.82, 2.24) is 9.88 Å². The summed E-state index contributed by atoms with van der Waals surface area (Å²) in [4.78, 5) is 0. The van der Waals surface area contributed by atoms with Gasteiger partial charge in [0.15, 0.2) is 0 Å². The maximum absolute atomic E-state index is 10.2. The lowest BCUT2D eigenvalue weighted by molar-refractivity contribution is 0.00535. The minimum absolute atomic E-state index is 0.316. The Hall–Kier alpha value is -0.800. The number of hydrogen-bond donors (Lipinski definition) is 2. The highest BCUT2D eigenvalue weighted by Crippen LogP contribution is 2.18. The summed E-state index contributed by atoms with van der Waals surface area (Å²) >= 11 is 0. The summed E-state index contributed by atoms with van der Waals surface area (Å²) in [7, 11) is 2.01. The van der Waals surface area contributed by atoms with Crippen LogP contribution in [0.5, 0.6) is 0 Å². The molecule has 2 N–H and O–H groups in total. The first kappa shape index (κ1) is 13.3. The van der Waals surface area contributed by atoms with Gasteiger partial charge in [-0.25, -0.2) is 0 Å². The number of aromatic nitrogens is 1. The van der Waals surface area contributed by atoms with E-state index in [-0.39, 0.29) is 0 Å². The lowest BCUT2D eigenvalue weighted by Gasteiger charge is -2.29. The zero-order valence-corrected chi connectivity index (χ0v) is 10.8. The number of nitrogens with zero attached hydrogens (tertiary/aromatic N) is 1. The Morgan fingerprint density at radius 3 is 2.75 bits per heavy atom. The topological polar surface area (TPSA) is 37.2 Å². The molecule has 0 bridgehead atoms. The Bertz CT molecular complexity index is 317. The van der Waals surface area contributed by atoms with Crippen molar-refractivity contribution in [2.75, 3.05) is 6.54 Å². The predicted octanol–water partition coefficient (Wildman–Crippen LogP) is 1.91. The molecule has 0 aliphatic carbocycles. The normalized spacial score (nSPS) is 17.1. The number of aliphatic hydroxyl groups is 1. The lowest BCUT2D eigenvalue weighted by Crippen LogP contribution is -2.42. The molecular formula is C13H24N2O. The molecule has 0 aliphatic heterocycles. The van der Waals surface area contributed by atoms with Crippen LogP contribution < -0.4 is 5.32 Å². The van der Waals surface area contributed by atoms with Gasteiger partial charge < -0.3 is 15.0 Å². The lowest BCUT2D eigenvalue weighted by atomic mass is 9.88. The van der Waals surface area contributed by atoms with Crippen LogP contribution in [0.15, 0.2) is 18.5 Å². The van der Waals surface area contributed by atoms with Crippen LogP contribution in [-0.2, 0) is 13.6 Å². The second kappa shape index (κ2) is 5.51. The van der Waals surface area contributed by atoms with E-state index in [2.05, 4.69) is 31.4 Å². The standard InChI is InChI=1S/C13H24N2O/c1-5-11(2)13(3,16)10-14-8-12-6-7-15(4)9-12/h6-7,9,11,14,16H,5,8,10H2,1-4H3. The molecule has 92 valence electrons. The molecule has 1 aromatic rings. The van der Waals surface area contributed by atoms with Gasteiger partial charge in [0.05, 0.1) is 5.60 Å². The zero-order valence-electron chi connectivity index (χ0n) is 10.8. The van der Waals surface area contributed by atoms with Crippen molar-refractivity contribution in [3.8, 4) is 0 Å². The average molecular weight is 224 g/mol. The van der Waals surface area contributed by atoms with Gasteiger partial charge in [-0.2, -0.15) is 0 Å². The molecule has 3 nitrogen and oxygen atoms in total. The first-order chi connectivity index (χ1) is 7.45. The highest BCUT2D eigenvalue weighted by molar-refractivity contribution is 5.09. The Labute approximate surface area is 98.5 Å². The number of hydrogen-bond acceptors (Lipinski definition) is 2. The van der Waals surface area contributed by atoms with Gasteiger partial charge in [0, 0.05) is 32.5 Å². The van der Waals surface area contributed by atoms with Crippen molar-refractivity contribution in [2.24, 2.45) is 13.0 Å². The van der Waals surface area contributed by atoms with E-state index in [0.29, 0.717) is 12.5 Å². The molecule has 0 radical (unpaired) electrons. The van der Waals surface area contributed by atoms with E-state index >= 15 is 0 Å². The van der Waals surface area contributed by atoms with Gasteiger partial charge in [-0.15, -0.1) is 0 Å². The highest BCUT2D eigenvalue weighted by Gasteiger charge is 2.26. The van der Waals surface area contributed by atoms with Crippen molar-refractivity contribution in [3.63, 3.8) is 0 Å². The van der Waals surface area contributed by atoms with Crippen LogP contribution in [0.3, 0.4) is 0 Å². The van der Waals surface area contributed by atoms with E-state index in [0.717, 1.165) is 13.0 Å². The number of rotatable bonds is 6. The summed E-state index contributed by atoms with van der Waals surface area (Å²) in [5.74, 6) is 0.316. The molecule has 16 heavy (non-hydrogen) atoms. The van der Waals surface area contributed by atoms with Gasteiger partial charge in [-0.3, -0.25) is 0 Å². The minimum atomic E-state index is -0.621. The smallest absolute Gasteiger partial charge is 0.0768 e. The Morgan fingerprint density at radius 2 is 2.25 bits per heavy atom. The van der Waals surface area contributed by atoms with E-state index < -0.39 is 5.60 Å². The average Bonchev–Trinajstić information content (AvgIpc) is 2.62. The third kappa shape index (κ3) is 3.65. The fourth-order valence-electron chi connectivity index (χ4n) is 1.74. The Kier molecular flexibility index (Phi) is 4.56. The van der Waals surface area contributed by atoms with Crippen molar-refractivity contribution in [2.45, 2.75) is 39.3 Å². The molecule has 1 aromatic heterocycles. The van der Waals surface area contributed by atoms with Crippen molar-refractivity contribution in [1.29, 1.82) is 0 Å². The van der Waals surface area contributed by atoms with Gasteiger partial charge in [-0.05, 0) is 24.5 Å². The largest absolute Gasteiger partial charge is 0.389 e. The summed E-state index contributed by atoms with van der Waals surface area (Å²) < 4.78 is 2.03. The van der Waals surface area contributed by atoms with Crippen molar-refractivity contribution < 1.29 is 5.11 Å². The van der Waals surface area contributed by atoms with E-state index in [1.54, 1.807) is 0 Å². The van der Waals surface area contributed by atoms with E-state index in [9.17, 15) is 5.11 Å². The van der Waals surface area contributed by atoms with Gasteiger partial charge in [0.1, 0.15) is 0 Å². The predicted molar refractivity (Wildman–Crippen MR) is 67.2 cm³/mol. The van der Waals surface area contributed by atoms with Crippen LogP contribution in [0, 0.1) is 5.92 Å². The Morgan fingerprint density at radius 1 is 1.56 bits per heavy atom. The second-order valence-corrected chi connectivity index (χ2v) is 4.96. The zero-order chi connectivity index (χ0) is 12.2. The SMILES string of the molecule is CCC(C)C(C)(O)CNCc1ccn(C)c1. The van der Waals surface area contributed by atoms with Crippen molar-refractivity contribution >= 4 is 0 Å². The van der Waals surface area contributed by atoms with Gasteiger partial charge >= 0.3 is 0 Å². The fourth-order valence-corrected chi connectivity index (χ4v) is 1.74.